The van der Waals surface area contributed by atoms with E-state index in [-0.39, 0.29) is 5.91 Å². The minimum atomic E-state index is 0.143. The average Bonchev–Trinajstić information content (AvgIpc) is 2.66. The minimum Gasteiger partial charge on any atom is -0.353 e. The van der Waals surface area contributed by atoms with E-state index < -0.39 is 0 Å². The van der Waals surface area contributed by atoms with E-state index in [4.69, 9.17) is 0 Å². The number of fused-ring (bicyclic) bond motifs is 1. The van der Waals surface area contributed by atoms with E-state index in [2.05, 4.69) is 20.2 Å². The minimum absolute atomic E-state index is 0.143. The maximum Gasteiger partial charge on any atom is 0.219 e. The molecule has 1 fully saturated rings. The van der Waals surface area contributed by atoms with Crippen LogP contribution in [0.1, 0.15) is 19.2 Å². The molecule has 1 amide bonds. The number of hydrogen-bond donors (Lipinski definition) is 0. The molecular weight excluding hydrogens is 256 g/mol. The summed E-state index contributed by atoms with van der Waals surface area (Å²) in [5.41, 5.74) is 0.756. The molecule has 0 saturated carbocycles. The van der Waals surface area contributed by atoms with Crippen LogP contribution in [0.5, 0.6) is 0 Å². The Morgan fingerprint density at radius 3 is 2.80 bits per heavy atom. The molecule has 1 aliphatic rings. The van der Waals surface area contributed by atoms with Crippen molar-refractivity contribution in [3.8, 4) is 0 Å². The fraction of sp³-hybridized carbons (Fsp3) is 0.538. The molecule has 0 aromatic carbocycles. The van der Waals surface area contributed by atoms with Crippen molar-refractivity contribution in [2.24, 2.45) is 0 Å². The van der Waals surface area contributed by atoms with Crippen LogP contribution in [0.15, 0.2) is 12.1 Å². The lowest BCUT2D eigenvalue weighted by atomic mass is 10.3. The smallest absolute Gasteiger partial charge is 0.219 e. The highest BCUT2D eigenvalue weighted by atomic mass is 16.2. The van der Waals surface area contributed by atoms with Gasteiger partial charge in [0.05, 0.1) is 0 Å². The number of anilines is 1. The summed E-state index contributed by atoms with van der Waals surface area (Å²) in [6, 6.07) is 3.89. The monoisotopic (exact) mass is 274 g/mol. The van der Waals surface area contributed by atoms with E-state index >= 15 is 0 Å². The molecule has 0 N–H and O–H groups in total. The summed E-state index contributed by atoms with van der Waals surface area (Å²) in [5, 5.41) is 12.6. The number of carbonyl (C=O) groups is 1. The van der Waals surface area contributed by atoms with Crippen molar-refractivity contribution in [2.45, 2.75) is 20.3 Å². The Labute approximate surface area is 117 Å². The number of hydrogen-bond acceptors (Lipinski definition) is 5. The second-order valence-corrected chi connectivity index (χ2v) is 5.06. The first-order valence-corrected chi connectivity index (χ1v) is 6.84. The van der Waals surface area contributed by atoms with Gasteiger partial charge in [-0.1, -0.05) is 0 Å². The summed E-state index contributed by atoms with van der Waals surface area (Å²) in [7, 11) is 0. The van der Waals surface area contributed by atoms with Gasteiger partial charge in [0.25, 0.3) is 0 Å². The molecule has 7 nitrogen and oxygen atoms in total. The lowest BCUT2D eigenvalue weighted by molar-refractivity contribution is -0.128. The Kier molecular flexibility index (Phi) is 3.25. The van der Waals surface area contributed by atoms with Gasteiger partial charge in [-0.2, -0.15) is 4.52 Å². The lowest BCUT2D eigenvalue weighted by Gasteiger charge is -2.22. The molecule has 0 spiro atoms. The van der Waals surface area contributed by atoms with E-state index in [1.54, 1.807) is 11.4 Å². The highest BCUT2D eigenvalue weighted by molar-refractivity contribution is 5.73. The van der Waals surface area contributed by atoms with E-state index in [1.165, 1.54) is 0 Å². The molecule has 1 saturated heterocycles. The van der Waals surface area contributed by atoms with Gasteiger partial charge in [0, 0.05) is 33.1 Å². The number of amides is 1. The SMILES string of the molecule is CC(=O)N1CCCN(c2ccc3nnc(C)n3n2)CC1. The molecule has 3 rings (SSSR count). The fourth-order valence-corrected chi connectivity index (χ4v) is 2.52. The summed E-state index contributed by atoms with van der Waals surface area (Å²) < 4.78 is 1.75. The summed E-state index contributed by atoms with van der Waals surface area (Å²) in [5.74, 6) is 1.83. The summed E-state index contributed by atoms with van der Waals surface area (Å²) in [4.78, 5) is 15.6. The van der Waals surface area contributed by atoms with Crippen LogP contribution in [0.3, 0.4) is 0 Å². The van der Waals surface area contributed by atoms with Crippen molar-refractivity contribution in [1.82, 2.24) is 24.7 Å². The van der Waals surface area contributed by atoms with E-state index in [1.807, 2.05) is 24.0 Å². The van der Waals surface area contributed by atoms with Crippen molar-refractivity contribution < 1.29 is 4.79 Å². The zero-order chi connectivity index (χ0) is 14.1. The molecule has 3 heterocycles. The maximum absolute atomic E-state index is 11.5. The zero-order valence-corrected chi connectivity index (χ0v) is 11.8. The molecule has 20 heavy (non-hydrogen) atoms. The quantitative estimate of drug-likeness (QED) is 0.757. The van der Waals surface area contributed by atoms with Gasteiger partial charge >= 0.3 is 0 Å². The molecule has 7 heteroatoms. The normalized spacial score (nSPS) is 16.5. The van der Waals surface area contributed by atoms with Gasteiger partial charge in [0.2, 0.25) is 5.91 Å². The van der Waals surface area contributed by atoms with Crippen LogP contribution < -0.4 is 4.90 Å². The molecule has 0 atom stereocenters. The molecule has 2 aromatic heterocycles. The number of aryl methyl sites for hydroxylation is 1. The first-order valence-electron chi connectivity index (χ1n) is 6.84. The number of nitrogens with zero attached hydrogens (tertiary/aromatic N) is 6. The third-order valence-corrected chi connectivity index (χ3v) is 3.67. The van der Waals surface area contributed by atoms with Crippen LogP contribution in [-0.2, 0) is 4.79 Å². The molecule has 2 aromatic rings. The van der Waals surface area contributed by atoms with E-state index in [0.717, 1.165) is 49.9 Å². The van der Waals surface area contributed by atoms with Gasteiger partial charge in [-0.15, -0.1) is 15.3 Å². The molecule has 1 aliphatic heterocycles. The van der Waals surface area contributed by atoms with Crippen molar-refractivity contribution in [3.63, 3.8) is 0 Å². The third-order valence-electron chi connectivity index (χ3n) is 3.67. The Morgan fingerprint density at radius 1 is 1.15 bits per heavy atom. The van der Waals surface area contributed by atoms with Gasteiger partial charge in [-0.3, -0.25) is 4.79 Å². The van der Waals surface area contributed by atoms with Gasteiger partial charge in [0.15, 0.2) is 11.5 Å². The van der Waals surface area contributed by atoms with Crippen molar-refractivity contribution in [2.75, 3.05) is 31.1 Å². The van der Waals surface area contributed by atoms with Crippen LogP contribution in [0.2, 0.25) is 0 Å². The first-order chi connectivity index (χ1) is 9.65. The van der Waals surface area contributed by atoms with Crippen LogP contribution in [0, 0.1) is 6.92 Å². The van der Waals surface area contributed by atoms with Gasteiger partial charge in [0.1, 0.15) is 5.82 Å². The maximum atomic E-state index is 11.5. The Balaban J connectivity index is 1.83. The Hall–Kier alpha value is -2.18. The van der Waals surface area contributed by atoms with Gasteiger partial charge in [-0.25, -0.2) is 0 Å². The number of aromatic nitrogens is 4. The van der Waals surface area contributed by atoms with Gasteiger partial charge < -0.3 is 9.80 Å². The number of rotatable bonds is 1. The van der Waals surface area contributed by atoms with Crippen LogP contribution in [0.4, 0.5) is 5.82 Å². The highest BCUT2D eigenvalue weighted by Crippen LogP contribution is 2.15. The second kappa shape index (κ2) is 5.07. The van der Waals surface area contributed by atoms with Crippen LogP contribution in [-0.4, -0.2) is 56.8 Å². The van der Waals surface area contributed by atoms with Gasteiger partial charge in [-0.05, 0) is 25.5 Å². The third kappa shape index (κ3) is 2.31. The van der Waals surface area contributed by atoms with Crippen LogP contribution in [0.25, 0.3) is 5.65 Å². The molecule has 0 unspecified atom stereocenters. The highest BCUT2D eigenvalue weighted by Gasteiger charge is 2.18. The van der Waals surface area contributed by atoms with E-state index in [9.17, 15) is 4.79 Å². The Bertz CT molecular complexity index is 637. The van der Waals surface area contributed by atoms with Crippen LogP contribution >= 0.6 is 0 Å². The molecule has 0 radical (unpaired) electrons. The molecular formula is C13H18N6O. The topological polar surface area (TPSA) is 66.6 Å². The van der Waals surface area contributed by atoms with Crippen molar-refractivity contribution in [3.05, 3.63) is 18.0 Å². The Morgan fingerprint density at radius 2 is 2.00 bits per heavy atom. The summed E-state index contributed by atoms with van der Waals surface area (Å²) in [6.07, 6.45) is 0.959. The first kappa shape index (κ1) is 12.8. The predicted octanol–water partition coefficient (Wildman–Crippen LogP) is 0.491. The summed E-state index contributed by atoms with van der Waals surface area (Å²) in [6.45, 7) is 6.79. The fourth-order valence-electron chi connectivity index (χ4n) is 2.52. The second-order valence-electron chi connectivity index (χ2n) is 5.06. The molecule has 106 valence electrons. The van der Waals surface area contributed by atoms with Crippen molar-refractivity contribution >= 4 is 17.4 Å². The average molecular weight is 274 g/mol. The predicted molar refractivity (Wildman–Crippen MR) is 74.6 cm³/mol. The zero-order valence-electron chi connectivity index (χ0n) is 11.8. The summed E-state index contributed by atoms with van der Waals surface area (Å²) >= 11 is 0. The molecule has 0 aliphatic carbocycles. The largest absolute Gasteiger partial charge is 0.353 e. The molecule has 0 bridgehead atoms. The van der Waals surface area contributed by atoms with Crippen molar-refractivity contribution in [1.29, 1.82) is 0 Å². The lowest BCUT2D eigenvalue weighted by Crippen LogP contribution is -2.34. The standard InChI is InChI=1S/C13H18N6O/c1-10-14-15-12-4-5-13(16-19(10)12)18-7-3-6-17(8-9-18)11(2)20/h4-5H,3,6-9H2,1-2H3. The number of carbonyl (C=O) groups excluding carboxylic acids is 1. The van der Waals surface area contributed by atoms with E-state index in [0.29, 0.717) is 0 Å².